The van der Waals surface area contributed by atoms with Gasteiger partial charge >= 0.3 is 0 Å². The number of hydrogen-bond donors (Lipinski definition) is 2. The van der Waals surface area contributed by atoms with Gasteiger partial charge in [0, 0.05) is 28.9 Å². The number of H-pyrrole nitrogens is 2. The lowest BCUT2D eigenvalue weighted by molar-refractivity contribution is 1.05. The molecule has 3 aromatic rings. The van der Waals surface area contributed by atoms with E-state index in [-0.39, 0.29) is 0 Å². The molecule has 3 heterocycles. The van der Waals surface area contributed by atoms with Crippen molar-refractivity contribution in [1.29, 1.82) is 0 Å². The SMILES string of the molecule is C=C/C=C(/c1ccncc1)c1nc(-c2n[nH]c(=C/C)/c2=C\C(=C)C(/C=C(/C)C=C)=C/C)[nH]c1C. The summed E-state index contributed by atoms with van der Waals surface area (Å²) in [7, 11) is 0. The zero-order valence-corrected chi connectivity index (χ0v) is 20.3. The van der Waals surface area contributed by atoms with Gasteiger partial charge in [-0.15, -0.1) is 0 Å². The summed E-state index contributed by atoms with van der Waals surface area (Å²) in [5.41, 5.74) is 7.47. The van der Waals surface area contributed by atoms with Crippen molar-refractivity contribution in [1.82, 2.24) is 25.1 Å². The molecule has 34 heavy (non-hydrogen) atoms. The Morgan fingerprint density at radius 3 is 2.47 bits per heavy atom. The van der Waals surface area contributed by atoms with Crippen molar-refractivity contribution in [3.05, 3.63) is 119 Å². The Hall–Kier alpha value is -4.25. The van der Waals surface area contributed by atoms with Crippen LogP contribution >= 0.6 is 0 Å². The Labute approximate surface area is 201 Å². The van der Waals surface area contributed by atoms with E-state index in [1.165, 1.54) is 0 Å². The molecule has 5 nitrogen and oxygen atoms in total. The number of pyridine rings is 1. The number of nitrogens with zero attached hydrogens (tertiary/aromatic N) is 3. The van der Waals surface area contributed by atoms with E-state index in [1.807, 2.05) is 70.2 Å². The lowest BCUT2D eigenvalue weighted by atomic mass is 10.0. The predicted octanol–water partition coefficient (Wildman–Crippen LogP) is 5.34. The van der Waals surface area contributed by atoms with Crippen LogP contribution in [0.5, 0.6) is 0 Å². The molecule has 0 saturated carbocycles. The molecule has 2 N–H and O–H groups in total. The summed E-state index contributed by atoms with van der Waals surface area (Å²) in [6, 6.07) is 3.92. The van der Waals surface area contributed by atoms with Gasteiger partial charge in [-0.05, 0) is 62.6 Å². The number of rotatable bonds is 8. The molecule has 0 spiro atoms. The first kappa shape index (κ1) is 24.4. The third-order valence-electron chi connectivity index (χ3n) is 5.47. The molecule has 0 fully saturated rings. The van der Waals surface area contributed by atoms with Crippen LogP contribution in [0.3, 0.4) is 0 Å². The first-order valence-electron chi connectivity index (χ1n) is 11.1. The van der Waals surface area contributed by atoms with Crippen LogP contribution in [-0.2, 0) is 0 Å². The number of aromatic nitrogens is 5. The zero-order chi connectivity index (χ0) is 24.7. The van der Waals surface area contributed by atoms with Gasteiger partial charge < -0.3 is 4.98 Å². The number of hydrogen-bond acceptors (Lipinski definition) is 3. The van der Waals surface area contributed by atoms with E-state index in [0.717, 1.165) is 55.5 Å². The van der Waals surface area contributed by atoms with Crippen molar-refractivity contribution < 1.29 is 0 Å². The van der Waals surface area contributed by atoms with E-state index in [9.17, 15) is 0 Å². The quantitative estimate of drug-likeness (QED) is 0.456. The van der Waals surface area contributed by atoms with Crippen LogP contribution in [0.4, 0.5) is 0 Å². The van der Waals surface area contributed by atoms with Crippen molar-refractivity contribution in [2.75, 3.05) is 0 Å². The van der Waals surface area contributed by atoms with Crippen molar-refractivity contribution in [2.45, 2.75) is 27.7 Å². The second kappa shape index (κ2) is 11.1. The minimum absolute atomic E-state index is 0.680. The Balaban J connectivity index is 2.15. The second-order valence-corrected chi connectivity index (χ2v) is 7.81. The average Bonchev–Trinajstić information content (AvgIpc) is 3.43. The summed E-state index contributed by atoms with van der Waals surface area (Å²) in [5.74, 6) is 0.680. The van der Waals surface area contributed by atoms with Gasteiger partial charge in [-0.2, -0.15) is 5.10 Å². The lowest BCUT2D eigenvalue weighted by Crippen LogP contribution is -2.24. The van der Waals surface area contributed by atoms with Gasteiger partial charge in [0.15, 0.2) is 5.82 Å². The number of nitrogens with one attached hydrogen (secondary N) is 2. The van der Waals surface area contributed by atoms with Crippen LogP contribution in [0.2, 0.25) is 0 Å². The van der Waals surface area contributed by atoms with E-state index >= 15 is 0 Å². The first-order chi connectivity index (χ1) is 16.4. The molecule has 0 amide bonds. The molecule has 0 atom stereocenters. The average molecular weight is 450 g/mol. The normalized spacial score (nSPS) is 13.9. The second-order valence-electron chi connectivity index (χ2n) is 7.81. The summed E-state index contributed by atoms with van der Waals surface area (Å²) < 4.78 is 0. The van der Waals surface area contributed by atoms with Crippen LogP contribution in [0.25, 0.3) is 29.2 Å². The van der Waals surface area contributed by atoms with Crippen LogP contribution in [-0.4, -0.2) is 25.1 Å². The van der Waals surface area contributed by atoms with E-state index in [2.05, 4.69) is 46.0 Å². The van der Waals surface area contributed by atoms with Crippen molar-refractivity contribution in [2.24, 2.45) is 0 Å². The number of allylic oxidation sites excluding steroid dienone is 8. The van der Waals surface area contributed by atoms with Gasteiger partial charge in [0.1, 0.15) is 5.69 Å². The van der Waals surface area contributed by atoms with Crippen molar-refractivity contribution >= 4 is 17.7 Å². The van der Waals surface area contributed by atoms with Crippen LogP contribution in [0.1, 0.15) is 37.7 Å². The molecule has 0 unspecified atom stereocenters. The van der Waals surface area contributed by atoms with E-state index < -0.39 is 0 Å². The minimum Gasteiger partial charge on any atom is -0.340 e. The smallest absolute Gasteiger partial charge is 0.159 e. The maximum atomic E-state index is 4.94. The maximum absolute atomic E-state index is 4.94. The molecule has 0 aliphatic heterocycles. The summed E-state index contributed by atoms with van der Waals surface area (Å²) in [5, 5.41) is 9.54. The van der Waals surface area contributed by atoms with Gasteiger partial charge in [-0.1, -0.05) is 61.8 Å². The molecule has 0 saturated heterocycles. The Morgan fingerprint density at radius 2 is 1.85 bits per heavy atom. The fraction of sp³-hybridized carbons (Fsp3) is 0.138. The number of aromatic amines is 2. The standard InChI is InChI=1S/C29H31N5/c1-8-12-24(23-13-15-30-16-14-23)27-21(7)31-29(32-27)28-25(26(11-4)33-34-28)18-20(6)22(10-3)17-19(5)9-2/h8-18,33H,1-2,6H2,3-5,7H3,(H,31,32)/b19-17-,22-10+,24-12-,25-18+,26-11+. The Morgan fingerprint density at radius 1 is 1.12 bits per heavy atom. The van der Waals surface area contributed by atoms with Gasteiger partial charge in [0.25, 0.3) is 0 Å². The molecule has 172 valence electrons. The number of imidazole rings is 1. The molecule has 5 heteroatoms. The van der Waals surface area contributed by atoms with Crippen LogP contribution in [0.15, 0.2) is 91.4 Å². The molecule has 0 radical (unpaired) electrons. The van der Waals surface area contributed by atoms with E-state index in [1.54, 1.807) is 18.5 Å². The van der Waals surface area contributed by atoms with E-state index in [0.29, 0.717) is 5.82 Å². The zero-order valence-electron chi connectivity index (χ0n) is 20.3. The highest BCUT2D eigenvalue weighted by molar-refractivity contribution is 5.81. The van der Waals surface area contributed by atoms with Crippen molar-refractivity contribution in [3.8, 4) is 11.5 Å². The van der Waals surface area contributed by atoms with Crippen LogP contribution in [0, 0.1) is 6.92 Å². The minimum atomic E-state index is 0.680. The highest BCUT2D eigenvalue weighted by Gasteiger charge is 2.16. The van der Waals surface area contributed by atoms with Gasteiger partial charge in [0.05, 0.1) is 11.0 Å². The molecule has 0 aliphatic carbocycles. The Bertz CT molecular complexity index is 1420. The van der Waals surface area contributed by atoms with Crippen LogP contribution < -0.4 is 10.6 Å². The van der Waals surface area contributed by atoms with Gasteiger partial charge in [0.2, 0.25) is 0 Å². The summed E-state index contributed by atoms with van der Waals surface area (Å²) >= 11 is 0. The topological polar surface area (TPSA) is 70.2 Å². The van der Waals surface area contributed by atoms with Gasteiger partial charge in [-0.3, -0.25) is 10.1 Å². The molecule has 0 aromatic carbocycles. The fourth-order valence-corrected chi connectivity index (χ4v) is 3.63. The summed E-state index contributed by atoms with van der Waals surface area (Å²) in [6.07, 6.45) is 17.2. The molecule has 0 aliphatic rings. The molecule has 3 aromatic heterocycles. The third-order valence-corrected chi connectivity index (χ3v) is 5.47. The lowest BCUT2D eigenvalue weighted by Gasteiger charge is -2.05. The van der Waals surface area contributed by atoms with Crippen molar-refractivity contribution in [3.63, 3.8) is 0 Å². The maximum Gasteiger partial charge on any atom is 0.159 e. The largest absolute Gasteiger partial charge is 0.340 e. The third kappa shape index (κ3) is 5.21. The molecular weight excluding hydrogens is 418 g/mol. The summed E-state index contributed by atoms with van der Waals surface area (Å²) in [4.78, 5) is 12.5. The highest BCUT2D eigenvalue weighted by atomic mass is 15.1. The highest BCUT2D eigenvalue weighted by Crippen LogP contribution is 2.26. The van der Waals surface area contributed by atoms with Gasteiger partial charge in [-0.25, -0.2) is 4.98 Å². The first-order valence-corrected chi connectivity index (χ1v) is 11.1. The Kier molecular flexibility index (Phi) is 7.93. The molecule has 3 rings (SSSR count). The predicted molar refractivity (Wildman–Crippen MR) is 143 cm³/mol. The summed E-state index contributed by atoms with van der Waals surface area (Å²) in [6.45, 7) is 20.0. The monoisotopic (exact) mass is 449 g/mol. The molecule has 0 bridgehead atoms. The fourth-order valence-electron chi connectivity index (χ4n) is 3.63. The number of aryl methyl sites for hydroxylation is 1. The molecular formula is C29H31N5. The van der Waals surface area contributed by atoms with E-state index in [4.69, 9.17) is 4.98 Å².